The van der Waals surface area contributed by atoms with E-state index in [1.807, 2.05) is 0 Å². The third-order valence-electron chi connectivity index (χ3n) is 5.48. The zero-order chi connectivity index (χ0) is 24.0. The molecule has 0 amide bonds. The zero-order valence-electron chi connectivity index (χ0n) is 18.7. The Hall–Kier alpha value is -2.99. The highest BCUT2D eigenvalue weighted by atomic mass is 32.2. The van der Waals surface area contributed by atoms with E-state index in [4.69, 9.17) is 0 Å². The Kier molecular flexibility index (Phi) is 8.03. The third-order valence-corrected chi connectivity index (χ3v) is 5.48. The van der Waals surface area contributed by atoms with E-state index in [0.717, 1.165) is 21.9 Å². The second-order valence-electron chi connectivity index (χ2n) is 8.30. The molecule has 4 aromatic carbocycles. The molecule has 0 N–H and O–H groups in total. The molecule has 0 spiro atoms. The van der Waals surface area contributed by atoms with Crippen molar-refractivity contribution in [2.24, 2.45) is 0 Å². The molecule has 0 atom stereocenters. The molecule has 33 heavy (non-hydrogen) atoms. The highest BCUT2D eigenvalue weighted by Gasteiger charge is 2.31. The van der Waals surface area contributed by atoms with Gasteiger partial charge < -0.3 is 0 Å². The Morgan fingerprint density at radius 2 is 0.545 bits per heavy atom. The number of halogens is 4. The Balaban J connectivity index is 0.000000709. The maximum absolute atomic E-state index is 13.7. The van der Waals surface area contributed by atoms with Gasteiger partial charge >= 0.3 is 0 Å². The van der Waals surface area contributed by atoms with Crippen LogP contribution in [0.2, 0.25) is 0 Å². The van der Waals surface area contributed by atoms with Gasteiger partial charge in [0.25, 0.3) is 0 Å². The Bertz CT molecular complexity index is 967. The van der Waals surface area contributed by atoms with Crippen LogP contribution < -0.4 is 21.9 Å². The van der Waals surface area contributed by atoms with Gasteiger partial charge in [0.15, 0.2) is 0 Å². The van der Waals surface area contributed by atoms with Gasteiger partial charge in [0.2, 0.25) is 0 Å². The van der Waals surface area contributed by atoms with Crippen LogP contribution in [-0.4, -0.2) is 24.9 Å². The first-order valence-electron chi connectivity index (χ1n) is 10.4. The molecule has 4 aromatic rings. The molecular weight excluding hydrogens is 443 g/mol. The van der Waals surface area contributed by atoms with Crippen LogP contribution in [0, 0.1) is 23.3 Å². The standard InChI is InChI=1S/C24H16BF4.C3H9S/c26-21-9-1-17(2-10-21)25(18-3-11-22(27)12-4-18,19-5-13-23(28)14-6-19)20-7-15-24(29)16-8-20;1-4(2)3/h1-16H;1-3H3/q-1;+1. The number of rotatable bonds is 4. The molecule has 0 aliphatic heterocycles. The molecule has 0 heterocycles. The minimum Gasteiger partial charge on any atom is -0.207 e. The lowest BCUT2D eigenvalue weighted by atomic mass is 9.13. The first kappa shape index (κ1) is 24.7. The third kappa shape index (κ3) is 5.69. The van der Waals surface area contributed by atoms with Crippen molar-refractivity contribution in [1.82, 2.24) is 0 Å². The monoisotopic (exact) mass is 468 g/mol. The summed E-state index contributed by atoms with van der Waals surface area (Å²) in [5.41, 5.74) is 2.99. The molecule has 0 fully saturated rings. The lowest BCUT2D eigenvalue weighted by Gasteiger charge is -2.44. The minimum absolute atomic E-state index is 0.393. The summed E-state index contributed by atoms with van der Waals surface area (Å²) in [6, 6.07) is 24.1. The lowest BCUT2D eigenvalue weighted by molar-refractivity contribution is 0.628. The fourth-order valence-electron chi connectivity index (χ4n) is 4.16. The Labute approximate surface area is 195 Å². The summed E-state index contributed by atoms with van der Waals surface area (Å²) < 4.78 is 54.8. The van der Waals surface area contributed by atoms with E-state index in [-0.39, 0.29) is 0 Å². The molecule has 0 aliphatic carbocycles. The van der Waals surface area contributed by atoms with Crippen LogP contribution in [0.25, 0.3) is 0 Å². The normalized spacial score (nSPS) is 11.2. The highest BCUT2D eigenvalue weighted by Crippen LogP contribution is 2.12. The van der Waals surface area contributed by atoms with Crippen molar-refractivity contribution < 1.29 is 17.6 Å². The zero-order valence-corrected chi connectivity index (χ0v) is 19.6. The average molecular weight is 468 g/mol. The molecular formula is C27H25BF4S. The van der Waals surface area contributed by atoms with Crippen LogP contribution in [0.5, 0.6) is 0 Å². The van der Waals surface area contributed by atoms with Crippen LogP contribution in [0.1, 0.15) is 0 Å². The topological polar surface area (TPSA) is 0 Å². The van der Waals surface area contributed by atoms with Crippen molar-refractivity contribution in [2.45, 2.75) is 0 Å². The second-order valence-corrected chi connectivity index (χ2v) is 10.7. The number of hydrogen-bond acceptors (Lipinski definition) is 0. The maximum atomic E-state index is 13.7. The molecule has 6 heteroatoms. The quantitative estimate of drug-likeness (QED) is 0.240. The predicted octanol–water partition coefficient (Wildman–Crippen LogP) is 4.11. The molecule has 0 radical (unpaired) electrons. The minimum atomic E-state index is -1.94. The van der Waals surface area contributed by atoms with Gasteiger partial charge in [-0.3, -0.25) is 0 Å². The SMILES string of the molecule is C[S+](C)C.Fc1ccc([B-](c2ccc(F)cc2)(c2ccc(F)cc2)c2ccc(F)cc2)cc1. The van der Waals surface area contributed by atoms with Gasteiger partial charge in [0, 0.05) is 0 Å². The summed E-state index contributed by atoms with van der Waals surface area (Å²) in [6.07, 6.45) is 4.64. The van der Waals surface area contributed by atoms with E-state index >= 15 is 0 Å². The molecule has 0 nitrogen and oxygen atoms in total. The lowest BCUT2D eigenvalue weighted by Crippen LogP contribution is -2.74. The van der Waals surface area contributed by atoms with Gasteiger partial charge in [-0.25, -0.2) is 17.6 Å². The van der Waals surface area contributed by atoms with Gasteiger partial charge in [-0.15, -0.1) is 0 Å². The average Bonchev–Trinajstić information content (AvgIpc) is 2.78. The molecule has 0 bridgehead atoms. The molecule has 0 aliphatic rings. The van der Waals surface area contributed by atoms with Crippen LogP contribution >= 0.6 is 0 Å². The van der Waals surface area contributed by atoms with Crippen LogP contribution in [0.3, 0.4) is 0 Å². The molecule has 170 valence electrons. The van der Waals surface area contributed by atoms with Crippen LogP contribution in [-0.2, 0) is 10.9 Å². The molecule has 0 saturated carbocycles. The summed E-state index contributed by atoms with van der Waals surface area (Å²) in [7, 11) is 0.639. The number of hydrogen-bond donors (Lipinski definition) is 0. The fourth-order valence-corrected chi connectivity index (χ4v) is 4.16. The summed E-state index contributed by atoms with van der Waals surface area (Å²) in [4.78, 5) is 0. The predicted molar refractivity (Wildman–Crippen MR) is 135 cm³/mol. The van der Waals surface area contributed by atoms with Gasteiger partial charge in [-0.1, -0.05) is 48.5 Å². The largest absolute Gasteiger partial charge is 0.207 e. The highest BCUT2D eigenvalue weighted by molar-refractivity contribution is 7.94. The van der Waals surface area contributed by atoms with E-state index in [9.17, 15) is 17.6 Å². The van der Waals surface area contributed by atoms with E-state index in [0.29, 0.717) is 10.9 Å². The number of benzene rings is 4. The first-order chi connectivity index (χ1) is 15.7. The van der Waals surface area contributed by atoms with E-state index < -0.39 is 29.4 Å². The molecule has 4 rings (SSSR count). The fraction of sp³-hybridized carbons (Fsp3) is 0.111. The summed E-state index contributed by atoms with van der Waals surface area (Å²) in [5.74, 6) is -1.57. The van der Waals surface area contributed by atoms with Crippen LogP contribution in [0.15, 0.2) is 97.1 Å². The van der Waals surface area contributed by atoms with Gasteiger partial charge in [-0.2, -0.15) is 21.9 Å². The van der Waals surface area contributed by atoms with E-state index in [1.165, 1.54) is 48.5 Å². The van der Waals surface area contributed by atoms with Gasteiger partial charge in [0.1, 0.15) is 29.4 Å². The van der Waals surface area contributed by atoms with Crippen molar-refractivity contribution >= 4 is 38.9 Å². The second kappa shape index (κ2) is 10.8. The molecule has 0 unspecified atom stereocenters. The van der Waals surface area contributed by atoms with Crippen molar-refractivity contribution in [3.63, 3.8) is 0 Å². The smallest absolute Gasteiger partial charge is 0.122 e. The summed E-state index contributed by atoms with van der Waals surface area (Å²) in [5, 5.41) is 0. The Morgan fingerprint density at radius 3 is 0.697 bits per heavy atom. The molecule has 0 saturated heterocycles. The van der Waals surface area contributed by atoms with Crippen LogP contribution in [0.4, 0.5) is 17.6 Å². The first-order valence-corrected chi connectivity index (χ1v) is 12.9. The Morgan fingerprint density at radius 1 is 0.394 bits per heavy atom. The maximum Gasteiger partial charge on any atom is 0.122 e. The van der Waals surface area contributed by atoms with Gasteiger partial charge in [-0.05, 0) is 59.4 Å². The molecule has 0 aromatic heterocycles. The van der Waals surface area contributed by atoms with Gasteiger partial charge in [0.05, 0.1) is 18.8 Å². The van der Waals surface area contributed by atoms with Crippen molar-refractivity contribution in [2.75, 3.05) is 18.8 Å². The van der Waals surface area contributed by atoms with Crippen molar-refractivity contribution in [3.8, 4) is 0 Å². The van der Waals surface area contributed by atoms with Crippen molar-refractivity contribution in [3.05, 3.63) is 120 Å². The summed E-state index contributed by atoms with van der Waals surface area (Å²) >= 11 is 0. The van der Waals surface area contributed by atoms with E-state index in [2.05, 4.69) is 18.8 Å². The summed E-state index contributed by atoms with van der Waals surface area (Å²) in [6.45, 7) is 0. The van der Waals surface area contributed by atoms with E-state index in [1.54, 1.807) is 48.5 Å². The van der Waals surface area contributed by atoms with Crippen molar-refractivity contribution in [1.29, 1.82) is 0 Å².